The number of nitrogens with zero attached hydrogens (tertiary/aromatic N) is 1. The third-order valence-corrected chi connectivity index (χ3v) is 3.21. The summed E-state index contributed by atoms with van der Waals surface area (Å²) >= 11 is 0. The van der Waals surface area contributed by atoms with Gasteiger partial charge in [0.1, 0.15) is 0 Å². The molecule has 0 aliphatic heterocycles. The molecule has 0 aliphatic rings. The van der Waals surface area contributed by atoms with Crippen molar-refractivity contribution in [3.8, 4) is 0 Å². The van der Waals surface area contributed by atoms with Gasteiger partial charge in [-0.05, 0) is 19.3 Å². The number of nitrogens with two attached hydrogens (primary N) is 2. The second-order valence-electron chi connectivity index (χ2n) is 5.23. The normalized spacial score (nSPS) is 10.2. The number of unbranched alkanes of at least 4 members (excludes halogenated alkanes) is 7. The molecule has 0 heterocycles. The van der Waals surface area contributed by atoms with Crippen molar-refractivity contribution < 1.29 is 4.79 Å². The molecule has 0 aromatic heterocycles. The van der Waals surface area contributed by atoms with Gasteiger partial charge < -0.3 is 16.8 Å². The van der Waals surface area contributed by atoms with Crippen molar-refractivity contribution in [1.29, 1.82) is 0 Å². The summed E-state index contributed by atoms with van der Waals surface area (Å²) in [6, 6.07) is 0. The Morgan fingerprint density at radius 2 is 1.60 bits per heavy atom. The smallest absolute Gasteiger partial charge is 0.219 e. The molecule has 5 N–H and O–H groups in total. The summed E-state index contributed by atoms with van der Waals surface area (Å²) in [5.74, 6) is 0.299. The number of aliphatic imine (C=N–C) groups is 1. The quantitative estimate of drug-likeness (QED) is 0.275. The van der Waals surface area contributed by atoms with E-state index < -0.39 is 0 Å². The lowest BCUT2D eigenvalue weighted by Gasteiger charge is -2.04. The van der Waals surface area contributed by atoms with Gasteiger partial charge in [0.15, 0.2) is 5.96 Å². The summed E-state index contributed by atoms with van der Waals surface area (Å²) in [4.78, 5) is 15.4. The van der Waals surface area contributed by atoms with Crippen LogP contribution in [0, 0.1) is 0 Å². The van der Waals surface area contributed by atoms with Crippen molar-refractivity contribution in [2.45, 2.75) is 71.1 Å². The fourth-order valence-electron chi connectivity index (χ4n) is 2.00. The molecule has 20 heavy (non-hydrogen) atoms. The van der Waals surface area contributed by atoms with E-state index in [1.165, 1.54) is 38.5 Å². The van der Waals surface area contributed by atoms with E-state index >= 15 is 0 Å². The minimum absolute atomic E-state index is 0.132. The molecule has 0 rings (SSSR count). The van der Waals surface area contributed by atoms with Crippen molar-refractivity contribution in [2.75, 3.05) is 13.1 Å². The van der Waals surface area contributed by atoms with Gasteiger partial charge in [0.25, 0.3) is 0 Å². The van der Waals surface area contributed by atoms with Gasteiger partial charge in [0, 0.05) is 19.5 Å². The zero-order valence-corrected chi connectivity index (χ0v) is 13.0. The highest BCUT2D eigenvalue weighted by molar-refractivity contribution is 5.76. The number of carbonyl (C=O) groups is 1. The molecule has 0 bridgehead atoms. The van der Waals surface area contributed by atoms with Crippen LogP contribution in [0.5, 0.6) is 0 Å². The Morgan fingerprint density at radius 1 is 0.950 bits per heavy atom. The van der Waals surface area contributed by atoms with E-state index in [1.54, 1.807) is 0 Å². The predicted molar refractivity (Wildman–Crippen MR) is 85.5 cm³/mol. The molecule has 0 radical (unpaired) electrons. The maximum atomic E-state index is 11.5. The number of carbonyl (C=O) groups excluding carboxylic acids is 1. The molecule has 0 spiro atoms. The first kappa shape index (κ1) is 18.7. The van der Waals surface area contributed by atoms with Gasteiger partial charge in [-0.15, -0.1) is 0 Å². The summed E-state index contributed by atoms with van der Waals surface area (Å²) in [6.45, 7) is 3.58. The third-order valence-electron chi connectivity index (χ3n) is 3.21. The van der Waals surface area contributed by atoms with Crippen molar-refractivity contribution in [3.05, 3.63) is 0 Å². The minimum atomic E-state index is 0.132. The fourth-order valence-corrected chi connectivity index (χ4v) is 2.00. The van der Waals surface area contributed by atoms with E-state index in [4.69, 9.17) is 11.5 Å². The molecule has 0 aromatic rings. The molecule has 0 unspecified atom stereocenters. The average Bonchev–Trinajstić information content (AvgIpc) is 2.41. The van der Waals surface area contributed by atoms with E-state index in [0.717, 1.165) is 25.8 Å². The monoisotopic (exact) mass is 284 g/mol. The number of hydrogen-bond acceptors (Lipinski definition) is 2. The predicted octanol–water partition coefficient (Wildman–Crippen LogP) is 2.30. The van der Waals surface area contributed by atoms with Gasteiger partial charge in [-0.2, -0.15) is 0 Å². The Hall–Kier alpha value is -1.26. The molecule has 0 aliphatic carbocycles. The van der Waals surface area contributed by atoms with E-state index in [0.29, 0.717) is 13.0 Å². The zero-order chi connectivity index (χ0) is 15.1. The SMILES string of the molecule is CCCCCCCCCC(=O)NCCCCN=C(N)N. The van der Waals surface area contributed by atoms with Crippen LogP contribution in [0.1, 0.15) is 71.1 Å². The van der Waals surface area contributed by atoms with Crippen molar-refractivity contribution in [1.82, 2.24) is 5.32 Å². The van der Waals surface area contributed by atoms with Crippen LogP contribution < -0.4 is 16.8 Å². The Bertz CT molecular complexity index is 263. The molecule has 1 amide bonds. The number of rotatable bonds is 13. The van der Waals surface area contributed by atoms with Crippen LogP contribution >= 0.6 is 0 Å². The molecule has 0 aromatic carbocycles. The molecular weight excluding hydrogens is 252 g/mol. The lowest BCUT2D eigenvalue weighted by Crippen LogP contribution is -2.24. The molecule has 118 valence electrons. The number of hydrogen-bond donors (Lipinski definition) is 3. The van der Waals surface area contributed by atoms with Crippen LogP contribution in [0.3, 0.4) is 0 Å². The van der Waals surface area contributed by atoms with Crippen LogP contribution in [0.2, 0.25) is 0 Å². The van der Waals surface area contributed by atoms with Crippen LogP contribution in [-0.2, 0) is 4.79 Å². The number of guanidine groups is 1. The first-order valence-corrected chi connectivity index (χ1v) is 7.99. The van der Waals surface area contributed by atoms with E-state index in [2.05, 4.69) is 17.2 Å². The summed E-state index contributed by atoms with van der Waals surface area (Å²) in [5, 5.41) is 2.93. The highest BCUT2D eigenvalue weighted by atomic mass is 16.1. The Labute approximate surface area is 123 Å². The summed E-state index contributed by atoms with van der Waals surface area (Å²) in [7, 11) is 0. The maximum absolute atomic E-state index is 11.5. The van der Waals surface area contributed by atoms with Crippen molar-refractivity contribution in [2.24, 2.45) is 16.5 Å². The summed E-state index contributed by atoms with van der Waals surface area (Å²) in [5.41, 5.74) is 10.4. The summed E-state index contributed by atoms with van der Waals surface area (Å²) < 4.78 is 0. The van der Waals surface area contributed by atoms with Crippen LogP contribution in [0.4, 0.5) is 0 Å². The first-order chi connectivity index (χ1) is 9.66. The minimum Gasteiger partial charge on any atom is -0.370 e. The van der Waals surface area contributed by atoms with Crippen LogP contribution in [-0.4, -0.2) is 25.0 Å². The molecule has 5 heteroatoms. The lowest BCUT2D eigenvalue weighted by atomic mass is 10.1. The highest BCUT2D eigenvalue weighted by Gasteiger charge is 2.00. The Balaban J connectivity index is 3.23. The third kappa shape index (κ3) is 14.8. The second-order valence-corrected chi connectivity index (χ2v) is 5.23. The average molecular weight is 284 g/mol. The molecular formula is C15H32N4O. The summed E-state index contributed by atoms with van der Waals surface area (Å²) in [6.07, 6.45) is 11.2. The number of amides is 1. The second kappa shape index (κ2) is 14.2. The Morgan fingerprint density at radius 3 is 2.25 bits per heavy atom. The first-order valence-electron chi connectivity index (χ1n) is 7.99. The number of nitrogens with one attached hydrogen (secondary N) is 1. The van der Waals surface area contributed by atoms with E-state index in [9.17, 15) is 4.79 Å². The topological polar surface area (TPSA) is 93.5 Å². The van der Waals surface area contributed by atoms with Gasteiger partial charge in [-0.1, -0.05) is 45.4 Å². The van der Waals surface area contributed by atoms with Crippen LogP contribution in [0.15, 0.2) is 4.99 Å². The lowest BCUT2D eigenvalue weighted by molar-refractivity contribution is -0.121. The van der Waals surface area contributed by atoms with Crippen molar-refractivity contribution in [3.63, 3.8) is 0 Å². The zero-order valence-electron chi connectivity index (χ0n) is 13.0. The van der Waals surface area contributed by atoms with Gasteiger partial charge >= 0.3 is 0 Å². The van der Waals surface area contributed by atoms with Gasteiger partial charge in [0.05, 0.1) is 0 Å². The Kier molecular flexibility index (Phi) is 13.3. The molecule has 0 saturated carbocycles. The molecule has 0 saturated heterocycles. The largest absolute Gasteiger partial charge is 0.370 e. The van der Waals surface area contributed by atoms with E-state index in [1.807, 2.05) is 0 Å². The van der Waals surface area contributed by atoms with Gasteiger partial charge in [-0.3, -0.25) is 9.79 Å². The van der Waals surface area contributed by atoms with E-state index in [-0.39, 0.29) is 11.9 Å². The molecule has 5 nitrogen and oxygen atoms in total. The van der Waals surface area contributed by atoms with Gasteiger partial charge in [-0.25, -0.2) is 0 Å². The maximum Gasteiger partial charge on any atom is 0.219 e. The molecule has 0 atom stereocenters. The van der Waals surface area contributed by atoms with Crippen molar-refractivity contribution >= 4 is 11.9 Å². The standard InChI is InChI=1S/C15H32N4O/c1-2-3-4-5-6-7-8-11-14(20)18-12-9-10-13-19-15(16)17/h2-13H2,1H3,(H,18,20)(H4,16,17,19). The fraction of sp³-hybridized carbons (Fsp3) is 0.867. The van der Waals surface area contributed by atoms with Gasteiger partial charge in [0.2, 0.25) is 5.91 Å². The molecule has 0 fully saturated rings. The van der Waals surface area contributed by atoms with Crippen LogP contribution in [0.25, 0.3) is 0 Å². The highest BCUT2D eigenvalue weighted by Crippen LogP contribution is 2.08.